The van der Waals surface area contributed by atoms with Crippen LogP contribution < -0.4 is 4.72 Å². The summed E-state index contributed by atoms with van der Waals surface area (Å²) in [4.78, 5) is 5.32. The molecular weight excluding hydrogens is 304 g/mol. The highest BCUT2D eigenvalue weighted by Gasteiger charge is 2.16. The number of thiazole rings is 1. The van der Waals surface area contributed by atoms with Gasteiger partial charge in [-0.25, -0.2) is 18.1 Å². The maximum absolute atomic E-state index is 12.1. The van der Waals surface area contributed by atoms with Crippen LogP contribution in [-0.4, -0.2) is 19.9 Å². The van der Waals surface area contributed by atoms with Crippen molar-refractivity contribution in [1.82, 2.24) is 9.71 Å². The normalized spacial score (nSPS) is 11.7. The summed E-state index contributed by atoms with van der Waals surface area (Å²) in [5.41, 5.74) is 2.70. The standard InChI is InChI=1S/C12H13ClN2O2S2/c1-9-11(18-8-14-9)6-7-15-19(16,17)12-5-3-2-4-10(12)13/h2-5,8,15H,6-7H2,1H3. The maximum Gasteiger partial charge on any atom is 0.242 e. The van der Waals surface area contributed by atoms with E-state index >= 15 is 0 Å². The second-order valence-electron chi connectivity index (χ2n) is 3.94. The molecule has 0 aliphatic heterocycles. The predicted molar refractivity (Wildman–Crippen MR) is 77.2 cm³/mol. The van der Waals surface area contributed by atoms with Gasteiger partial charge in [0.05, 0.1) is 16.2 Å². The number of sulfonamides is 1. The van der Waals surface area contributed by atoms with Crippen LogP contribution in [0.25, 0.3) is 0 Å². The second-order valence-corrected chi connectivity index (χ2v) is 7.02. The summed E-state index contributed by atoms with van der Waals surface area (Å²) >= 11 is 7.41. The molecule has 2 aromatic rings. The van der Waals surface area contributed by atoms with Crippen LogP contribution in [-0.2, 0) is 16.4 Å². The van der Waals surface area contributed by atoms with Gasteiger partial charge in [0, 0.05) is 11.4 Å². The first-order valence-corrected chi connectivity index (χ1v) is 8.38. The molecule has 1 N–H and O–H groups in total. The number of rotatable bonds is 5. The quantitative estimate of drug-likeness (QED) is 0.922. The molecule has 0 saturated carbocycles. The van der Waals surface area contributed by atoms with E-state index in [-0.39, 0.29) is 9.92 Å². The van der Waals surface area contributed by atoms with Crippen molar-refractivity contribution < 1.29 is 8.42 Å². The van der Waals surface area contributed by atoms with E-state index in [2.05, 4.69) is 9.71 Å². The molecule has 0 bridgehead atoms. The van der Waals surface area contributed by atoms with E-state index < -0.39 is 10.0 Å². The Kier molecular flexibility index (Phi) is 4.57. The molecule has 0 unspecified atom stereocenters. The van der Waals surface area contributed by atoms with Gasteiger partial charge in [-0.1, -0.05) is 23.7 Å². The van der Waals surface area contributed by atoms with Crippen LogP contribution in [0, 0.1) is 6.92 Å². The molecule has 1 aromatic heterocycles. The number of hydrogen-bond acceptors (Lipinski definition) is 4. The average molecular weight is 317 g/mol. The molecule has 1 aromatic carbocycles. The molecule has 0 amide bonds. The molecule has 4 nitrogen and oxygen atoms in total. The van der Waals surface area contributed by atoms with E-state index in [1.54, 1.807) is 23.7 Å². The first-order chi connectivity index (χ1) is 9.00. The number of nitrogens with one attached hydrogen (secondary N) is 1. The van der Waals surface area contributed by atoms with Crippen LogP contribution in [0.4, 0.5) is 0 Å². The minimum Gasteiger partial charge on any atom is -0.250 e. The van der Waals surface area contributed by atoms with E-state index in [4.69, 9.17) is 11.6 Å². The fourth-order valence-electron chi connectivity index (χ4n) is 1.61. The Labute approximate surface area is 121 Å². The van der Waals surface area contributed by atoms with Crippen molar-refractivity contribution in [1.29, 1.82) is 0 Å². The van der Waals surface area contributed by atoms with Crippen LogP contribution >= 0.6 is 22.9 Å². The summed E-state index contributed by atoms with van der Waals surface area (Å²) in [6.45, 7) is 2.24. The van der Waals surface area contributed by atoms with Gasteiger partial charge in [0.2, 0.25) is 10.0 Å². The highest BCUT2D eigenvalue weighted by molar-refractivity contribution is 7.89. The van der Waals surface area contributed by atoms with Crippen molar-refractivity contribution in [2.24, 2.45) is 0 Å². The summed E-state index contributed by atoms with van der Waals surface area (Å²) in [6.07, 6.45) is 0.625. The lowest BCUT2D eigenvalue weighted by molar-refractivity contribution is 0.582. The zero-order valence-electron chi connectivity index (χ0n) is 10.3. The largest absolute Gasteiger partial charge is 0.250 e. The molecular formula is C12H13ClN2O2S2. The zero-order chi connectivity index (χ0) is 13.9. The molecule has 0 fully saturated rings. The third kappa shape index (κ3) is 3.54. The van der Waals surface area contributed by atoms with Crippen LogP contribution in [0.15, 0.2) is 34.7 Å². The Morgan fingerprint density at radius 1 is 1.37 bits per heavy atom. The molecule has 0 spiro atoms. The lowest BCUT2D eigenvalue weighted by atomic mass is 10.3. The summed E-state index contributed by atoms with van der Waals surface area (Å²) < 4.78 is 26.7. The number of halogens is 1. The van der Waals surface area contributed by atoms with Crippen molar-refractivity contribution >= 4 is 33.0 Å². The molecule has 7 heteroatoms. The van der Waals surface area contributed by atoms with Crippen molar-refractivity contribution in [2.45, 2.75) is 18.2 Å². The number of hydrogen-bond donors (Lipinski definition) is 1. The van der Waals surface area contributed by atoms with Gasteiger partial charge in [0.25, 0.3) is 0 Å². The van der Waals surface area contributed by atoms with Crippen LogP contribution in [0.3, 0.4) is 0 Å². The number of benzene rings is 1. The van der Waals surface area contributed by atoms with Crippen LogP contribution in [0.2, 0.25) is 5.02 Å². The Balaban J connectivity index is 2.03. The van der Waals surface area contributed by atoms with Crippen LogP contribution in [0.5, 0.6) is 0 Å². The zero-order valence-corrected chi connectivity index (χ0v) is 12.6. The maximum atomic E-state index is 12.1. The van der Waals surface area contributed by atoms with Gasteiger partial charge in [-0.05, 0) is 25.5 Å². The van der Waals surface area contributed by atoms with Crippen LogP contribution in [0.1, 0.15) is 10.6 Å². The highest BCUT2D eigenvalue weighted by Crippen LogP contribution is 2.20. The van der Waals surface area contributed by atoms with E-state index in [0.29, 0.717) is 13.0 Å². The van der Waals surface area contributed by atoms with Gasteiger partial charge in [0.15, 0.2) is 0 Å². The minimum atomic E-state index is -3.55. The summed E-state index contributed by atoms with van der Waals surface area (Å²) in [5.74, 6) is 0. The number of aromatic nitrogens is 1. The average Bonchev–Trinajstić information content (AvgIpc) is 2.75. The second kappa shape index (κ2) is 6.00. The summed E-state index contributed by atoms with van der Waals surface area (Å²) in [7, 11) is -3.55. The van der Waals surface area contributed by atoms with E-state index in [1.165, 1.54) is 17.4 Å². The number of nitrogens with zero attached hydrogens (tertiary/aromatic N) is 1. The molecule has 0 aliphatic carbocycles. The Hall–Kier alpha value is -0.950. The lowest BCUT2D eigenvalue weighted by Crippen LogP contribution is -2.26. The van der Waals surface area contributed by atoms with Gasteiger partial charge in [-0.2, -0.15) is 0 Å². The third-order valence-electron chi connectivity index (χ3n) is 2.62. The Bertz CT molecular complexity index is 668. The van der Waals surface area contributed by atoms with Crippen molar-refractivity contribution in [2.75, 3.05) is 6.54 Å². The summed E-state index contributed by atoms with van der Waals surface area (Å²) in [6, 6.07) is 6.39. The predicted octanol–water partition coefficient (Wildman–Crippen LogP) is 2.63. The van der Waals surface area contributed by atoms with E-state index in [1.807, 2.05) is 6.92 Å². The first kappa shape index (κ1) is 14.5. The lowest BCUT2D eigenvalue weighted by Gasteiger charge is -2.07. The molecule has 0 radical (unpaired) electrons. The molecule has 1 heterocycles. The Morgan fingerprint density at radius 2 is 2.11 bits per heavy atom. The molecule has 19 heavy (non-hydrogen) atoms. The van der Waals surface area contributed by atoms with Crippen molar-refractivity contribution in [3.63, 3.8) is 0 Å². The molecule has 0 atom stereocenters. The van der Waals surface area contributed by atoms with Gasteiger partial charge in [-0.15, -0.1) is 11.3 Å². The third-order valence-corrected chi connectivity index (χ3v) is 5.57. The SMILES string of the molecule is Cc1ncsc1CCNS(=O)(=O)c1ccccc1Cl. The van der Waals surface area contributed by atoms with Crippen molar-refractivity contribution in [3.05, 3.63) is 45.4 Å². The van der Waals surface area contributed by atoms with E-state index in [9.17, 15) is 8.42 Å². The monoisotopic (exact) mass is 316 g/mol. The smallest absolute Gasteiger partial charge is 0.242 e. The first-order valence-electron chi connectivity index (χ1n) is 5.64. The molecule has 0 saturated heterocycles. The number of aryl methyl sites for hydroxylation is 1. The van der Waals surface area contributed by atoms with E-state index in [0.717, 1.165) is 10.6 Å². The molecule has 2 rings (SSSR count). The van der Waals surface area contributed by atoms with Gasteiger partial charge in [0.1, 0.15) is 4.90 Å². The summed E-state index contributed by atoms with van der Waals surface area (Å²) in [5, 5.41) is 0.226. The van der Waals surface area contributed by atoms with Gasteiger partial charge < -0.3 is 0 Å². The van der Waals surface area contributed by atoms with Crippen molar-refractivity contribution in [3.8, 4) is 0 Å². The minimum absolute atomic E-state index is 0.109. The Morgan fingerprint density at radius 3 is 2.74 bits per heavy atom. The fraction of sp³-hybridized carbons (Fsp3) is 0.250. The molecule has 0 aliphatic rings. The highest BCUT2D eigenvalue weighted by atomic mass is 35.5. The topological polar surface area (TPSA) is 59.1 Å². The van der Waals surface area contributed by atoms with Gasteiger partial charge >= 0.3 is 0 Å². The fourth-order valence-corrected chi connectivity index (χ4v) is 3.94. The van der Waals surface area contributed by atoms with Gasteiger partial charge in [-0.3, -0.25) is 0 Å². The molecule has 102 valence electrons.